The molecule has 2 rings (SSSR count). The molecule has 7 heteroatoms. The zero-order chi connectivity index (χ0) is 15.6. The fourth-order valence-electron chi connectivity index (χ4n) is 1.59. The summed E-state index contributed by atoms with van der Waals surface area (Å²) >= 11 is 0. The van der Waals surface area contributed by atoms with Crippen LogP contribution in [-0.2, 0) is 0 Å². The van der Waals surface area contributed by atoms with Crippen LogP contribution in [0.3, 0.4) is 0 Å². The van der Waals surface area contributed by atoms with E-state index in [1.54, 1.807) is 6.92 Å². The molecular weight excluding hydrogens is 291 g/mol. The monoisotopic (exact) mass is 300 g/mol. The van der Waals surface area contributed by atoms with Crippen molar-refractivity contribution >= 4 is 6.08 Å². The molecule has 0 unspecified atom stereocenters. The molecule has 0 aliphatic rings. The maximum atomic E-state index is 13.7. The van der Waals surface area contributed by atoms with Crippen molar-refractivity contribution in [1.29, 1.82) is 0 Å². The SMILES string of the molecule is Cc1cnc(-c2cc(F)c(/C=C/C(F)(F)F)c(F)c2)nc1. The summed E-state index contributed by atoms with van der Waals surface area (Å²) in [5.74, 6) is -2.14. The molecule has 0 amide bonds. The predicted octanol–water partition coefficient (Wildman–Crippen LogP) is 4.31. The molecule has 0 bridgehead atoms. The van der Waals surface area contributed by atoms with Gasteiger partial charge in [-0.3, -0.25) is 0 Å². The minimum atomic E-state index is -4.64. The highest BCUT2D eigenvalue weighted by molar-refractivity contribution is 5.61. The number of aromatic nitrogens is 2. The van der Waals surface area contributed by atoms with Crippen molar-refractivity contribution in [2.45, 2.75) is 13.1 Å². The van der Waals surface area contributed by atoms with Gasteiger partial charge in [-0.05, 0) is 30.7 Å². The van der Waals surface area contributed by atoms with Crippen molar-refractivity contribution in [1.82, 2.24) is 9.97 Å². The first-order valence-corrected chi connectivity index (χ1v) is 5.80. The molecule has 0 N–H and O–H groups in total. The number of hydrogen-bond donors (Lipinski definition) is 0. The minimum Gasteiger partial charge on any atom is -0.236 e. The number of halogens is 5. The second-order valence-electron chi connectivity index (χ2n) is 4.31. The molecule has 1 aromatic carbocycles. The average Bonchev–Trinajstić information content (AvgIpc) is 2.37. The smallest absolute Gasteiger partial charge is 0.236 e. The van der Waals surface area contributed by atoms with Crippen LogP contribution in [0.1, 0.15) is 11.1 Å². The van der Waals surface area contributed by atoms with E-state index >= 15 is 0 Å². The normalized spacial score (nSPS) is 12.1. The molecular formula is C14H9F5N2. The lowest BCUT2D eigenvalue weighted by Gasteiger charge is -2.05. The van der Waals surface area contributed by atoms with Crippen molar-refractivity contribution in [2.75, 3.05) is 0 Å². The molecule has 21 heavy (non-hydrogen) atoms. The first-order valence-electron chi connectivity index (χ1n) is 5.80. The highest BCUT2D eigenvalue weighted by Crippen LogP contribution is 2.25. The number of alkyl halides is 3. The quantitative estimate of drug-likeness (QED) is 0.773. The van der Waals surface area contributed by atoms with E-state index in [1.165, 1.54) is 12.4 Å². The molecule has 0 aliphatic carbocycles. The summed E-state index contributed by atoms with van der Waals surface area (Å²) in [6, 6.07) is 1.79. The van der Waals surface area contributed by atoms with Gasteiger partial charge in [0.2, 0.25) is 0 Å². The molecule has 0 atom stereocenters. The summed E-state index contributed by atoms with van der Waals surface area (Å²) in [5, 5.41) is 0. The lowest BCUT2D eigenvalue weighted by atomic mass is 10.1. The number of benzene rings is 1. The number of hydrogen-bond acceptors (Lipinski definition) is 2. The molecule has 2 nitrogen and oxygen atoms in total. The van der Waals surface area contributed by atoms with Crippen molar-refractivity contribution < 1.29 is 22.0 Å². The van der Waals surface area contributed by atoms with Gasteiger partial charge in [0.1, 0.15) is 11.6 Å². The lowest BCUT2D eigenvalue weighted by molar-refractivity contribution is -0.0790. The van der Waals surface area contributed by atoms with Crippen LogP contribution in [0.2, 0.25) is 0 Å². The maximum absolute atomic E-state index is 13.7. The van der Waals surface area contributed by atoms with E-state index in [4.69, 9.17) is 0 Å². The number of nitrogens with zero attached hydrogens (tertiary/aromatic N) is 2. The standard InChI is InChI=1S/C14H9F5N2/c1-8-6-20-13(21-7-8)9-4-11(15)10(12(16)5-9)2-3-14(17,18)19/h2-7H,1H3/b3-2+. The van der Waals surface area contributed by atoms with Gasteiger partial charge in [0.05, 0.1) is 0 Å². The van der Waals surface area contributed by atoms with E-state index in [0.717, 1.165) is 17.7 Å². The molecule has 0 saturated carbocycles. The molecule has 0 fully saturated rings. The minimum absolute atomic E-state index is 0.0501. The van der Waals surface area contributed by atoms with E-state index in [0.29, 0.717) is 6.08 Å². The summed E-state index contributed by atoms with van der Waals surface area (Å²) in [6.07, 6.45) is -1.58. The zero-order valence-corrected chi connectivity index (χ0v) is 10.7. The average molecular weight is 300 g/mol. The third kappa shape index (κ3) is 3.84. The van der Waals surface area contributed by atoms with E-state index in [9.17, 15) is 22.0 Å². The first-order chi connectivity index (χ1) is 9.76. The Morgan fingerprint density at radius 1 is 1.00 bits per heavy atom. The van der Waals surface area contributed by atoms with Crippen molar-refractivity contribution in [3.8, 4) is 11.4 Å². The van der Waals surface area contributed by atoms with Crippen LogP contribution >= 0.6 is 0 Å². The Labute approximate surface area is 117 Å². The number of rotatable bonds is 2. The molecule has 0 aliphatic heterocycles. The number of aryl methyl sites for hydroxylation is 1. The largest absolute Gasteiger partial charge is 0.409 e. The van der Waals surface area contributed by atoms with Crippen molar-refractivity contribution in [3.05, 3.63) is 53.4 Å². The summed E-state index contributed by atoms with van der Waals surface area (Å²) in [4.78, 5) is 7.81. The van der Waals surface area contributed by atoms with Gasteiger partial charge in [-0.2, -0.15) is 13.2 Å². The Bertz CT molecular complexity index is 652. The van der Waals surface area contributed by atoms with Crippen LogP contribution in [0, 0.1) is 18.6 Å². The lowest BCUT2D eigenvalue weighted by Crippen LogP contribution is -2.01. The fraction of sp³-hybridized carbons (Fsp3) is 0.143. The van der Waals surface area contributed by atoms with E-state index in [-0.39, 0.29) is 17.5 Å². The van der Waals surface area contributed by atoms with Crippen molar-refractivity contribution in [2.24, 2.45) is 0 Å². The molecule has 0 radical (unpaired) electrons. The van der Waals surface area contributed by atoms with E-state index < -0.39 is 23.4 Å². The Morgan fingerprint density at radius 2 is 1.52 bits per heavy atom. The van der Waals surface area contributed by atoms with Crippen LogP contribution in [-0.4, -0.2) is 16.1 Å². The number of allylic oxidation sites excluding steroid dienone is 1. The molecule has 2 aromatic rings. The van der Waals surface area contributed by atoms with Crippen LogP contribution in [0.25, 0.3) is 17.5 Å². The van der Waals surface area contributed by atoms with Gasteiger partial charge in [0.15, 0.2) is 5.82 Å². The van der Waals surface area contributed by atoms with Gasteiger partial charge in [-0.15, -0.1) is 0 Å². The molecule has 0 spiro atoms. The van der Waals surface area contributed by atoms with E-state index in [2.05, 4.69) is 9.97 Å². The topological polar surface area (TPSA) is 25.8 Å². The molecule has 1 aromatic heterocycles. The Balaban J connectivity index is 2.42. The Morgan fingerprint density at radius 3 is 2.00 bits per heavy atom. The summed E-state index contributed by atoms with van der Waals surface area (Å²) < 4.78 is 63.6. The maximum Gasteiger partial charge on any atom is 0.409 e. The van der Waals surface area contributed by atoms with E-state index in [1.807, 2.05) is 0 Å². The fourth-order valence-corrected chi connectivity index (χ4v) is 1.59. The van der Waals surface area contributed by atoms with Gasteiger partial charge in [0.25, 0.3) is 0 Å². The second-order valence-corrected chi connectivity index (χ2v) is 4.31. The molecule has 110 valence electrons. The van der Waals surface area contributed by atoms with Crippen LogP contribution in [0.15, 0.2) is 30.6 Å². The predicted molar refractivity (Wildman–Crippen MR) is 67.2 cm³/mol. The van der Waals surface area contributed by atoms with Gasteiger partial charge < -0.3 is 0 Å². The summed E-state index contributed by atoms with van der Waals surface area (Å²) in [6.45, 7) is 1.75. The molecule has 1 heterocycles. The zero-order valence-electron chi connectivity index (χ0n) is 10.7. The third-order valence-corrected chi connectivity index (χ3v) is 2.56. The van der Waals surface area contributed by atoms with Gasteiger partial charge in [-0.25, -0.2) is 18.7 Å². The summed E-state index contributed by atoms with van der Waals surface area (Å²) in [7, 11) is 0. The van der Waals surface area contributed by atoms with Crippen LogP contribution in [0.5, 0.6) is 0 Å². The van der Waals surface area contributed by atoms with Crippen molar-refractivity contribution in [3.63, 3.8) is 0 Å². The van der Waals surface area contributed by atoms with Gasteiger partial charge in [-0.1, -0.05) is 0 Å². The first kappa shape index (κ1) is 15.1. The van der Waals surface area contributed by atoms with Crippen LogP contribution < -0.4 is 0 Å². The highest BCUT2D eigenvalue weighted by atomic mass is 19.4. The van der Waals surface area contributed by atoms with Gasteiger partial charge in [0, 0.05) is 29.6 Å². The Hall–Kier alpha value is -2.31. The van der Waals surface area contributed by atoms with Crippen LogP contribution in [0.4, 0.5) is 22.0 Å². The highest BCUT2D eigenvalue weighted by Gasteiger charge is 2.23. The Kier molecular flexibility index (Phi) is 4.02. The summed E-state index contributed by atoms with van der Waals surface area (Å²) in [5.41, 5.74) is 0.0572. The van der Waals surface area contributed by atoms with Gasteiger partial charge >= 0.3 is 6.18 Å². The molecule has 0 saturated heterocycles. The second kappa shape index (κ2) is 5.59. The third-order valence-electron chi connectivity index (χ3n) is 2.56.